The summed E-state index contributed by atoms with van der Waals surface area (Å²) in [5, 5.41) is 17.0. The molecule has 1 rings (SSSR count). The Labute approximate surface area is 101 Å². The van der Waals surface area contributed by atoms with Gasteiger partial charge < -0.3 is 4.90 Å². The van der Waals surface area contributed by atoms with Crippen molar-refractivity contribution in [3.05, 3.63) is 16.3 Å². The minimum absolute atomic E-state index is 0.442. The molecule has 0 amide bonds. The average Bonchev–Trinajstić information content (AvgIpc) is 2.29. The zero-order chi connectivity index (χ0) is 12.1. The van der Waals surface area contributed by atoms with Gasteiger partial charge in [0.15, 0.2) is 11.0 Å². The molecule has 1 aromatic heterocycles. The Hall–Kier alpha value is -1.34. The summed E-state index contributed by atoms with van der Waals surface area (Å²) in [4.78, 5) is 2.04. The molecule has 0 atom stereocenters. The van der Waals surface area contributed by atoms with Gasteiger partial charge in [0, 0.05) is 13.1 Å². The van der Waals surface area contributed by atoms with E-state index in [9.17, 15) is 0 Å². The van der Waals surface area contributed by atoms with E-state index in [0.717, 1.165) is 23.5 Å². The largest absolute Gasteiger partial charge is 0.354 e. The van der Waals surface area contributed by atoms with Gasteiger partial charge in [-0.3, -0.25) is 0 Å². The molecule has 0 radical (unpaired) electrons. The summed E-state index contributed by atoms with van der Waals surface area (Å²) in [5.74, 6) is 0.819. The van der Waals surface area contributed by atoms with Gasteiger partial charge in [0.1, 0.15) is 0 Å². The van der Waals surface area contributed by atoms with E-state index in [1.54, 1.807) is 0 Å². The molecule has 16 heavy (non-hydrogen) atoms. The van der Waals surface area contributed by atoms with Crippen LogP contribution in [0.4, 0.5) is 5.82 Å². The van der Waals surface area contributed by atoms with Crippen molar-refractivity contribution in [3.8, 4) is 6.07 Å². The molecule has 0 aliphatic carbocycles. The zero-order valence-electron chi connectivity index (χ0n) is 9.79. The number of hydrogen-bond donors (Lipinski definition) is 0. The van der Waals surface area contributed by atoms with Gasteiger partial charge in [-0.05, 0) is 31.9 Å². The highest BCUT2D eigenvalue weighted by Gasteiger charge is 2.13. The highest BCUT2D eigenvalue weighted by molar-refractivity contribution is 6.30. The molecule has 0 aliphatic rings. The maximum absolute atomic E-state index is 8.59. The molecule has 0 saturated carbocycles. The van der Waals surface area contributed by atoms with Crippen molar-refractivity contribution in [1.82, 2.24) is 10.2 Å². The number of anilines is 1. The smallest absolute Gasteiger partial charge is 0.155 e. The maximum atomic E-state index is 8.59. The van der Waals surface area contributed by atoms with Crippen LogP contribution in [0.1, 0.15) is 24.5 Å². The average molecular weight is 239 g/mol. The van der Waals surface area contributed by atoms with E-state index < -0.39 is 0 Å². The molecule has 4 nitrogen and oxygen atoms in total. The second kappa shape index (κ2) is 5.66. The van der Waals surface area contributed by atoms with E-state index in [-0.39, 0.29) is 0 Å². The van der Waals surface area contributed by atoms with E-state index >= 15 is 0 Å². The van der Waals surface area contributed by atoms with Gasteiger partial charge in [-0.25, -0.2) is 0 Å². The lowest BCUT2D eigenvalue weighted by atomic mass is 10.2. The molecule has 1 heterocycles. The predicted octanol–water partition coefficient (Wildman–Crippen LogP) is 2.49. The van der Waals surface area contributed by atoms with Gasteiger partial charge in [0.25, 0.3) is 0 Å². The Balaban J connectivity index is 3.02. The molecular weight excluding hydrogens is 224 g/mol. The summed E-state index contributed by atoms with van der Waals surface area (Å²) in [7, 11) is 0. The molecule has 5 heteroatoms. The highest BCUT2D eigenvalue weighted by Crippen LogP contribution is 2.23. The summed E-state index contributed by atoms with van der Waals surface area (Å²) in [6.07, 6.45) is 0.483. The minimum atomic E-state index is 0.442. The van der Waals surface area contributed by atoms with Crippen LogP contribution in [-0.2, 0) is 0 Å². The molecule has 0 aliphatic heterocycles. The fraction of sp³-hybridized carbons (Fsp3) is 0.545. The van der Waals surface area contributed by atoms with E-state index in [0.29, 0.717) is 18.1 Å². The fourth-order valence-corrected chi connectivity index (χ4v) is 1.64. The molecule has 0 aromatic carbocycles. The number of aromatic nitrogens is 2. The van der Waals surface area contributed by atoms with Crippen LogP contribution in [0.2, 0.25) is 5.15 Å². The summed E-state index contributed by atoms with van der Waals surface area (Å²) in [6.45, 7) is 7.40. The third-order valence-electron chi connectivity index (χ3n) is 2.61. The Kier molecular flexibility index (Phi) is 4.51. The standard InChI is InChI=1S/C11H15ClN4/c1-4-16(7-5-6-13)11-9(3)8(2)10(12)14-15-11/h4-5,7H2,1-3H3. The number of hydrogen-bond acceptors (Lipinski definition) is 4. The number of nitriles is 1. The number of rotatable bonds is 4. The highest BCUT2D eigenvalue weighted by atomic mass is 35.5. The Morgan fingerprint density at radius 1 is 1.31 bits per heavy atom. The lowest BCUT2D eigenvalue weighted by Gasteiger charge is -2.22. The second-order valence-electron chi connectivity index (χ2n) is 3.55. The van der Waals surface area contributed by atoms with Crippen LogP contribution >= 0.6 is 11.6 Å². The Morgan fingerprint density at radius 3 is 2.56 bits per heavy atom. The SMILES string of the molecule is CCN(CCC#N)c1nnc(Cl)c(C)c1C. The third kappa shape index (κ3) is 2.61. The molecule has 1 aromatic rings. The van der Waals surface area contributed by atoms with Gasteiger partial charge in [-0.1, -0.05) is 11.6 Å². The summed E-state index contributed by atoms with van der Waals surface area (Å²) < 4.78 is 0. The number of nitrogens with zero attached hydrogens (tertiary/aromatic N) is 4. The van der Waals surface area contributed by atoms with Gasteiger partial charge in [-0.15, -0.1) is 10.2 Å². The zero-order valence-corrected chi connectivity index (χ0v) is 10.5. The van der Waals surface area contributed by atoms with Gasteiger partial charge in [-0.2, -0.15) is 5.26 Å². The van der Waals surface area contributed by atoms with Gasteiger partial charge in [0.05, 0.1) is 12.5 Å². The van der Waals surface area contributed by atoms with Crippen molar-refractivity contribution in [2.45, 2.75) is 27.2 Å². The van der Waals surface area contributed by atoms with E-state index in [4.69, 9.17) is 16.9 Å². The molecular formula is C11H15ClN4. The molecule has 0 fully saturated rings. The first kappa shape index (κ1) is 12.7. The van der Waals surface area contributed by atoms with Crippen molar-refractivity contribution in [2.24, 2.45) is 0 Å². The maximum Gasteiger partial charge on any atom is 0.155 e. The summed E-state index contributed by atoms with van der Waals surface area (Å²) >= 11 is 5.89. The van der Waals surface area contributed by atoms with Gasteiger partial charge >= 0.3 is 0 Å². The van der Waals surface area contributed by atoms with Crippen LogP contribution in [0.3, 0.4) is 0 Å². The quantitative estimate of drug-likeness (QED) is 0.809. The Bertz CT molecular complexity index is 411. The minimum Gasteiger partial charge on any atom is -0.354 e. The third-order valence-corrected chi connectivity index (χ3v) is 2.97. The van der Waals surface area contributed by atoms with Crippen LogP contribution in [0.5, 0.6) is 0 Å². The summed E-state index contributed by atoms with van der Waals surface area (Å²) in [6, 6.07) is 2.13. The van der Waals surface area contributed by atoms with Crippen molar-refractivity contribution in [3.63, 3.8) is 0 Å². The van der Waals surface area contributed by atoms with Crippen LogP contribution in [0.25, 0.3) is 0 Å². The first-order chi connectivity index (χ1) is 7.61. The van der Waals surface area contributed by atoms with Gasteiger partial charge in [0.2, 0.25) is 0 Å². The van der Waals surface area contributed by atoms with Crippen molar-refractivity contribution in [2.75, 3.05) is 18.0 Å². The first-order valence-corrected chi connectivity index (χ1v) is 5.60. The number of halogens is 1. The summed E-state index contributed by atoms with van der Waals surface area (Å²) in [5.41, 5.74) is 1.97. The molecule has 0 unspecified atom stereocenters. The molecule has 0 N–H and O–H groups in total. The van der Waals surface area contributed by atoms with E-state index in [1.165, 1.54) is 0 Å². The lowest BCUT2D eigenvalue weighted by Crippen LogP contribution is -2.26. The molecule has 0 saturated heterocycles. The normalized spacial score (nSPS) is 9.94. The lowest BCUT2D eigenvalue weighted by molar-refractivity contribution is 0.787. The van der Waals surface area contributed by atoms with Crippen LogP contribution < -0.4 is 4.90 Å². The van der Waals surface area contributed by atoms with E-state index in [2.05, 4.69) is 16.3 Å². The van der Waals surface area contributed by atoms with Crippen molar-refractivity contribution < 1.29 is 0 Å². The first-order valence-electron chi connectivity index (χ1n) is 5.23. The second-order valence-corrected chi connectivity index (χ2v) is 3.91. The monoisotopic (exact) mass is 238 g/mol. The van der Waals surface area contributed by atoms with Crippen molar-refractivity contribution >= 4 is 17.4 Å². The van der Waals surface area contributed by atoms with Crippen LogP contribution in [0.15, 0.2) is 0 Å². The molecule has 0 bridgehead atoms. The predicted molar refractivity (Wildman–Crippen MR) is 64.6 cm³/mol. The van der Waals surface area contributed by atoms with E-state index in [1.807, 2.05) is 25.7 Å². The molecule has 86 valence electrons. The fourth-order valence-electron chi connectivity index (χ4n) is 1.46. The topological polar surface area (TPSA) is 52.8 Å². The van der Waals surface area contributed by atoms with Crippen LogP contribution in [-0.4, -0.2) is 23.3 Å². The van der Waals surface area contributed by atoms with Crippen molar-refractivity contribution in [1.29, 1.82) is 5.26 Å². The van der Waals surface area contributed by atoms with Crippen LogP contribution in [0, 0.1) is 25.2 Å². The Morgan fingerprint density at radius 2 is 2.00 bits per heavy atom. The molecule has 0 spiro atoms.